The monoisotopic (exact) mass is 443 g/mol. The number of hydrogen-bond donors (Lipinski definition) is 0. The van der Waals surface area contributed by atoms with Crippen molar-refractivity contribution in [3.63, 3.8) is 0 Å². The number of rotatable bonds is 4. The molecule has 0 aliphatic rings. The fourth-order valence-electron chi connectivity index (χ4n) is 2.89. The number of anilines is 1. The summed E-state index contributed by atoms with van der Waals surface area (Å²) in [6.07, 6.45) is 1.95. The molecule has 1 heterocycles. The Morgan fingerprint density at radius 1 is 0.960 bits per heavy atom. The summed E-state index contributed by atoms with van der Waals surface area (Å²) in [5, 5.41) is 0. The zero-order valence-corrected chi connectivity index (χ0v) is 17.2. The molecule has 0 spiro atoms. The summed E-state index contributed by atoms with van der Waals surface area (Å²) >= 11 is 2.30. The lowest BCUT2D eigenvalue weighted by atomic mass is 10.2. The third-order valence-electron chi connectivity index (χ3n) is 4.27. The lowest BCUT2D eigenvalue weighted by Gasteiger charge is -2.14. The molecule has 0 bridgehead atoms. The lowest BCUT2D eigenvalue weighted by molar-refractivity contribution is 0.963. The number of hydrogen-bond acceptors (Lipinski definition) is 2. The van der Waals surface area contributed by atoms with Crippen molar-refractivity contribution in [1.82, 2.24) is 4.57 Å². The van der Waals surface area contributed by atoms with Crippen LogP contribution in [0.1, 0.15) is 17.0 Å². The second-order valence-electron chi connectivity index (χ2n) is 6.31. The van der Waals surface area contributed by atoms with Gasteiger partial charge in [-0.15, -0.1) is 0 Å². The second-order valence-corrected chi connectivity index (χ2v) is 7.55. The van der Waals surface area contributed by atoms with E-state index in [1.54, 1.807) is 0 Å². The van der Waals surface area contributed by atoms with Gasteiger partial charge >= 0.3 is 0 Å². The molecule has 0 aliphatic heterocycles. The van der Waals surface area contributed by atoms with Gasteiger partial charge in [0.1, 0.15) is 0 Å². The van der Waals surface area contributed by atoms with Crippen LogP contribution in [0.5, 0.6) is 0 Å². The van der Waals surface area contributed by atoms with Crippen LogP contribution in [0, 0.1) is 17.4 Å². The van der Waals surface area contributed by atoms with Crippen molar-refractivity contribution >= 4 is 40.2 Å². The fourth-order valence-corrected chi connectivity index (χ4v) is 3.25. The Kier molecular flexibility index (Phi) is 5.27. The molecule has 0 saturated heterocycles. The number of aliphatic imine (C=N–C) groups is 1. The molecule has 2 aromatic carbocycles. The van der Waals surface area contributed by atoms with Crippen molar-refractivity contribution < 1.29 is 0 Å². The average Bonchev–Trinajstić information content (AvgIpc) is 2.88. The van der Waals surface area contributed by atoms with Crippen LogP contribution in [0.15, 0.2) is 59.6 Å². The second kappa shape index (κ2) is 7.44. The van der Waals surface area contributed by atoms with Gasteiger partial charge in [-0.25, -0.2) is 0 Å². The molecule has 4 heteroatoms. The maximum atomic E-state index is 4.62. The Morgan fingerprint density at radius 3 is 2.20 bits per heavy atom. The Labute approximate surface area is 163 Å². The van der Waals surface area contributed by atoms with Gasteiger partial charge in [0, 0.05) is 52.2 Å². The van der Waals surface area contributed by atoms with E-state index in [1.165, 1.54) is 26.3 Å². The van der Waals surface area contributed by atoms with Gasteiger partial charge in [0.2, 0.25) is 0 Å². The highest BCUT2D eigenvalue weighted by Crippen LogP contribution is 2.23. The van der Waals surface area contributed by atoms with Crippen LogP contribution in [0.4, 0.5) is 11.4 Å². The van der Waals surface area contributed by atoms with Gasteiger partial charge in [0.15, 0.2) is 0 Å². The van der Waals surface area contributed by atoms with Gasteiger partial charge in [-0.05, 0) is 91.0 Å². The summed E-state index contributed by atoms with van der Waals surface area (Å²) in [6, 6.07) is 19.0. The number of benzene rings is 2. The highest BCUT2D eigenvalue weighted by Gasteiger charge is 2.09. The minimum atomic E-state index is 0.973. The van der Waals surface area contributed by atoms with Gasteiger partial charge in [-0.2, -0.15) is 0 Å². The molecule has 0 saturated carbocycles. The maximum absolute atomic E-state index is 4.62. The molecule has 25 heavy (non-hydrogen) atoms. The van der Waals surface area contributed by atoms with Gasteiger partial charge in [-0.1, -0.05) is 0 Å². The molecule has 0 N–H and O–H groups in total. The summed E-state index contributed by atoms with van der Waals surface area (Å²) in [7, 11) is 4.11. The van der Waals surface area contributed by atoms with E-state index in [4.69, 9.17) is 0 Å². The van der Waals surface area contributed by atoms with E-state index in [0.717, 1.165) is 11.3 Å². The smallest absolute Gasteiger partial charge is 0.0630 e. The zero-order chi connectivity index (χ0) is 18.0. The number of aryl methyl sites for hydroxylation is 1. The molecule has 0 atom stereocenters. The minimum Gasteiger partial charge on any atom is -0.378 e. The first kappa shape index (κ1) is 17.7. The third kappa shape index (κ3) is 3.95. The summed E-state index contributed by atoms with van der Waals surface area (Å²) in [5.41, 5.74) is 6.90. The van der Waals surface area contributed by atoms with E-state index in [0.29, 0.717) is 0 Å². The van der Waals surface area contributed by atoms with E-state index >= 15 is 0 Å². The molecule has 128 valence electrons. The molecular weight excluding hydrogens is 421 g/mol. The van der Waals surface area contributed by atoms with E-state index < -0.39 is 0 Å². The lowest BCUT2D eigenvalue weighted by Crippen LogP contribution is -2.08. The molecule has 0 fully saturated rings. The Balaban J connectivity index is 1.91. The number of aromatic nitrogens is 1. The Hall–Kier alpha value is -2.08. The number of halogens is 1. The van der Waals surface area contributed by atoms with Crippen molar-refractivity contribution in [1.29, 1.82) is 0 Å². The van der Waals surface area contributed by atoms with Crippen molar-refractivity contribution in [2.24, 2.45) is 4.99 Å². The van der Waals surface area contributed by atoms with Crippen molar-refractivity contribution in [3.05, 3.63) is 75.1 Å². The van der Waals surface area contributed by atoms with E-state index in [9.17, 15) is 0 Å². The van der Waals surface area contributed by atoms with Crippen molar-refractivity contribution in [3.8, 4) is 5.69 Å². The van der Waals surface area contributed by atoms with Gasteiger partial charge < -0.3 is 9.47 Å². The van der Waals surface area contributed by atoms with Crippen LogP contribution in [-0.4, -0.2) is 24.9 Å². The molecule has 3 aromatic rings. The SMILES string of the molecule is Cc1cc(C=Nc2ccc(I)cc2)c(C)n1-c1ccc(N(C)C)cc1. The van der Waals surface area contributed by atoms with Crippen molar-refractivity contribution in [2.45, 2.75) is 13.8 Å². The average molecular weight is 443 g/mol. The first-order chi connectivity index (χ1) is 12.0. The molecule has 0 unspecified atom stereocenters. The van der Waals surface area contributed by atoms with Crippen LogP contribution in [0.2, 0.25) is 0 Å². The van der Waals surface area contributed by atoms with E-state index in [2.05, 4.69) is 107 Å². The topological polar surface area (TPSA) is 20.5 Å². The quantitative estimate of drug-likeness (QED) is 0.385. The highest BCUT2D eigenvalue weighted by atomic mass is 127. The van der Waals surface area contributed by atoms with Crippen LogP contribution < -0.4 is 4.90 Å². The summed E-state index contributed by atoms with van der Waals surface area (Å²) < 4.78 is 3.49. The third-order valence-corrected chi connectivity index (χ3v) is 4.99. The molecule has 0 amide bonds. The highest BCUT2D eigenvalue weighted by molar-refractivity contribution is 14.1. The molecule has 0 aliphatic carbocycles. The Morgan fingerprint density at radius 2 is 1.60 bits per heavy atom. The van der Waals surface area contributed by atoms with Crippen LogP contribution in [-0.2, 0) is 0 Å². The molecule has 1 aromatic heterocycles. The van der Waals surface area contributed by atoms with E-state index in [1.807, 2.05) is 18.3 Å². The standard InChI is InChI=1S/C21H22IN3/c1-15-13-17(14-23-19-7-5-18(22)6-8-19)16(2)25(15)21-11-9-20(10-12-21)24(3)4/h5-14H,1-4H3. The molecule has 3 rings (SSSR count). The van der Waals surface area contributed by atoms with Gasteiger partial charge in [0.05, 0.1) is 5.69 Å². The maximum Gasteiger partial charge on any atom is 0.0630 e. The normalized spacial score (nSPS) is 11.2. The summed E-state index contributed by atoms with van der Waals surface area (Å²) in [4.78, 5) is 6.72. The van der Waals surface area contributed by atoms with Crippen LogP contribution >= 0.6 is 22.6 Å². The fraction of sp³-hybridized carbons (Fsp3) is 0.190. The predicted molar refractivity (Wildman–Crippen MR) is 116 cm³/mol. The minimum absolute atomic E-state index is 0.973. The molecule has 0 radical (unpaired) electrons. The summed E-state index contributed by atoms with van der Waals surface area (Å²) in [6.45, 7) is 4.28. The van der Waals surface area contributed by atoms with Crippen molar-refractivity contribution in [2.75, 3.05) is 19.0 Å². The van der Waals surface area contributed by atoms with Gasteiger partial charge in [-0.3, -0.25) is 4.99 Å². The zero-order valence-electron chi connectivity index (χ0n) is 15.0. The molecule has 3 nitrogen and oxygen atoms in total. The number of nitrogens with zero attached hydrogens (tertiary/aromatic N) is 3. The summed E-state index contributed by atoms with van der Waals surface area (Å²) in [5.74, 6) is 0. The first-order valence-electron chi connectivity index (χ1n) is 8.22. The Bertz CT molecular complexity index is 888. The first-order valence-corrected chi connectivity index (χ1v) is 9.30. The van der Waals surface area contributed by atoms with E-state index in [-0.39, 0.29) is 0 Å². The van der Waals surface area contributed by atoms with Crippen LogP contribution in [0.25, 0.3) is 5.69 Å². The van der Waals surface area contributed by atoms with Gasteiger partial charge in [0.25, 0.3) is 0 Å². The van der Waals surface area contributed by atoms with Crippen LogP contribution in [0.3, 0.4) is 0 Å². The molecular formula is C21H22IN3. The predicted octanol–water partition coefficient (Wildman–Crippen LogP) is 5.52. The largest absolute Gasteiger partial charge is 0.378 e.